The van der Waals surface area contributed by atoms with E-state index in [1.165, 1.54) is 62.2 Å². The number of halogens is 1. The molecule has 0 heterocycles. The lowest BCUT2D eigenvalue weighted by molar-refractivity contribution is -0.123. The Bertz CT molecular complexity index is 722. The van der Waals surface area contributed by atoms with Crippen LogP contribution in [0, 0.1) is 34.5 Å². The Kier molecular flexibility index (Phi) is 8.57. The van der Waals surface area contributed by atoms with Crippen molar-refractivity contribution >= 4 is 28.5 Å². The number of amides is 1. The molecule has 0 aromatic carbocycles. The fourth-order valence-electron chi connectivity index (χ4n) is 8.88. The smallest absolute Gasteiger partial charge is 0.217 e. The fraction of sp³-hybridized carbons (Fsp3) is 0.897. The first-order valence-corrected chi connectivity index (χ1v) is 15.5. The van der Waals surface area contributed by atoms with Crippen LogP contribution in [0.3, 0.4) is 0 Å². The second-order valence-corrected chi connectivity index (χ2v) is 13.2. The Balaban J connectivity index is 1.50. The van der Waals surface area contributed by atoms with E-state index in [-0.39, 0.29) is 23.5 Å². The van der Waals surface area contributed by atoms with Crippen molar-refractivity contribution in [3.05, 3.63) is 11.6 Å². The van der Waals surface area contributed by atoms with Crippen molar-refractivity contribution in [2.45, 2.75) is 117 Å². The van der Waals surface area contributed by atoms with Crippen LogP contribution in [0.2, 0.25) is 0 Å². The van der Waals surface area contributed by atoms with Crippen LogP contribution in [-0.4, -0.2) is 29.1 Å². The molecule has 3 nitrogen and oxygen atoms in total. The summed E-state index contributed by atoms with van der Waals surface area (Å²) in [6.07, 6.45) is 18.1. The van der Waals surface area contributed by atoms with Crippen LogP contribution in [0.15, 0.2) is 11.6 Å². The maximum atomic E-state index is 12.3. The topological polar surface area (TPSA) is 38.3 Å². The maximum absolute atomic E-state index is 12.3. The van der Waals surface area contributed by atoms with E-state index in [2.05, 4.69) is 54.8 Å². The molecule has 0 bridgehead atoms. The van der Waals surface area contributed by atoms with Gasteiger partial charge in [-0.05, 0) is 91.3 Å². The maximum Gasteiger partial charge on any atom is 0.217 e. The first kappa shape index (κ1) is 26.0. The number of carbonyl (C=O) groups is 1. The molecule has 1 unspecified atom stereocenters. The van der Waals surface area contributed by atoms with Crippen LogP contribution < -0.4 is 5.32 Å². The Labute approximate surface area is 216 Å². The number of rotatable bonds is 9. The normalized spacial score (nSPS) is 42.2. The zero-order chi connectivity index (χ0) is 23.6. The van der Waals surface area contributed by atoms with Crippen LogP contribution in [0.4, 0.5) is 0 Å². The second-order valence-electron chi connectivity index (χ2n) is 12.1. The van der Waals surface area contributed by atoms with Crippen LogP contribution in [0.5, 0.6) is 0 Å². The van der Waals surface area contributed by atoms with Crippen molar-refractivity contribution in [2.75, 3.05) is 11.0 Å². The molecule has 0 aliphatic heterocycles. The molecule has 1 amide bonds. The summed E-state index contributed by atoms with van der Waals surface area (Å²) >= 11 is 2.47. The second kappa shape index (κ2) is 10.9. The number of ether oxygens (including phenoxy) is 1. The molecule has 0 spiro atoms. The van der Waals surface area contributed by atoms with Gasteiger partial charge in [-0.1, -0.05) is 74.3 Å². The highest BCUT2D eigenvalue weighted by molar-refractivity contribution is 14.1. The highest BCUT2D eigenvalue weighted by Gasteiger charge is 2.60. The number of unbranched alkanes of at least 4 members (excludes halogenated alkanes) is 3. The summed E-state index contributed by atoms with van der Waals surface area (Å²) in [5.41, 5.74) is 2.23. The van der Waals surface area contributed by atoms with E-state index in [1.54, 1.807) is 12.5 Å². The van der Waals surface area contributed by atoms with Crippen molar-refractivity contribution in [1.29, 1.82) is 0 Å². The summed E-state index contributed by atoms with van der Waals surface area (Å²) in [5, 5.41) is 3.43. The summed E-state index contributed by atoms with van der Waals surface area (Å²) in [7, 11) is 0. The van der Waals surface area contributed by atoms with Crippen LogP contribution in [0.25, 0.3) is 0 Å². The van der Waals surface area contributed by atoms with Crippen molar-refractivity contribution in [1.82, 2.24) is 5.32 Å². The van der Waals surface area contributed by atoms with Crippen LogP contribution >= 0.6 is 22.6 Å². The number of alkyl halides is 1. The van der Waals surface area contributed by atoms with E-state index in [0.29, 0.717) is 11.3 Å². The number of carbonyl (C=O) groups excluding carboxylic acids is 1. The van der Waals surface area contributed by atoms with E-state index in [4.69, 9.17) is 4.74 Å². The highest BCUT2D eigenvalue weighted by atomic mass is 127. The molecule has 0 saturated heterocycles. The average molecular weight is 570 g/mol. The monoisotopic (exact) mass is 569 g/mol. The summed E-state index contributed by atoms with van der Waals surface area (Å²) in [6.45, 7) is 10.1. The van der Waals surface area contributed by atoms with Crippen molar-refractivity contribution < 1.29 is 9.53 Å². The number of hydrogen-bond acceptors (Lipinski definition) is 2. The third-order valence-corrected chi connectivity index (χ3v) is 11.4. The molecule has 0 radical (unpaired) electrons. The molecule has 4 rings (SSSR count). The van der Waals surface area contributed by atoms with E-state index in [9.17, 15) is 4.79 Å². The van der Waals surface area contributed by atoms with Crippen LogP contribution in [0.1, 0.15) is 105 Å². The molecule has 0 aromatic heterocycles. The Morgan fingerprint density at radius 2 is 1.94 bits per heavy atom. The summed E-state index contributed by atoms with van der Waals surface area (Å²) in [6, 6.07) is 0.208. The number of nitrogens with one attached hydrogen (secondary N) is 1. The third kappa shape index (κ3) is 4.95. The molecular formula is C29H48INO2. The largest absolute Gasteiger partial charge is 0.378 e. The van der Waals surface area contributed by atoms with E-state index in [0.717, 1.165) is 43.6 Å². The molecule has 0 aromatic rings. The fourth-order valence-corrected chi connectivity index (χ4v) is 9.42. The molecule has 188 valence electrons. The van der Waals surface area contributed by atoms with Gasteiger partial charge in [0.05, 0.1) is 6.10 Å². The molecule has 4 aliphatic carbocycles. The summed E-state index contributed by atoms with van der Waals surface area (Å²) in [5.74, 6) is 3.40. The van der Waals surface area contributed by atoms with Gasteiger partial charge in [0, 0.05) is 25.0 Å². The summed E-state index contributed by atoms with van der Waals surface area (Å²) in [4.78, 5) is 12.3. The lowest BCUT2D eigenvalue weighted by Crippen LogP contribution is -2.60. The minimum atomic E-state index is 0.0976. The van der Waals surface area contributed by atoms with Gasteiger partial charge in [-0.25, -0.2) is 0 Å². The molecule has 4 heteroatoms. The Morgan fingerprint density at radius 1 is 1.15 bits per heavy atom. The van der Waals surface area contributed by atoms with Crippen molar-refractivity contribution in [3.8, 4) is 0 Å². The lowest BCUT2D eigenvalue weighted by atomic mass is 9.46. The SMILES string of the molecule is CC[C@H]1CC[C@H]2[C@@H]3CC=C4C[C@@H](OCCCCCCI)CC(NC(C)=O)[C@]4(C)[C@H]3CC[C@]12C. The van der Waals surface area contributed by atoms with E-state index >= 15 is 0 Å². The lowest BCUT2D eigenvalue weighted by Gasteiger charge is -2.60. The molecule has 3 saturated carbocycles. The number of fused-ring (bicyclic) bond motifs is 5. The highest BCUT2D eigenvalue weighted by Crippen LogP contribution is 2.66. The number of hydrogen-bond donors (Lipinski definition) is 1. The van der Waals surface area contributed by atoms with Crippen LogP contribution in [-0.2, 0) is 9.53 Å². The minimum absolute atomic E-state index is 0.0976. The quantitative estimate of drug-likeness (QED) is 0.135. The zero-order valence-electron chi connectivity index (χ0n) is 21.6. The van der Waals surface area contributed by atoms with Gasteiger partial charge in [0.15, 0.2) is 0 Å². The summed E-state index contributed by atoms with van der Waals surface area (Å²) < 4.78 is 7.68. The van der Waals surface area contributed by atoms with Gasteiger partial charge in [-0.3, -0.25) is 4.79 Å². The predicted octanol–water partition coefficient (Wildman–Crippen LogP) is 7.47. The Hall–Kier alpha value is -0.100. The first-order chi connectivity index (χ1) is 15.8. The number of allylic oxidation sites excluding steroid dienone is 1. The van der Waals surface area contributed by atoms with Gasteiger partial charge in [-0.2, -0.15) is 0 Å². The molecule has 3 fully saturated rings. The third-order valence-electron chi connectivity index (χ3n) is 10.7. The zero-order valence-corrected chi connectivity index (χ0v) is 23.8. The molecular weight excluding hydrogens is 521 g/mol. The standard InChI is InChI=1S/C29H48INO2/c1-5-21-11-13-25-24-12-10-22-18-23(33-17-9-7-6-8-16-30)19-27(31-20(2)32)29(22,4)26(24)14-15-28(21,25)3/h10,21,23-27H,5-9,11-19H2,1-4H3,(H,31,32)/t21-,23+,24-,25-,26-,27?,28+,29-/m0/s1. The van der Waals surface area contributed by atoms with Gasteiger partial charge in [0.1, 0.15) is 0 Å². The molecule has 1 N–H and O–H groups in total. The molecule has 4 aliphatic rings. The first-order valence-electron chi connectivity index (χ1n) is 14.0. The minimum Gasteiger partial charge on any atom is -0.378 e. The van der Waals surface area contributed by atoms with Gasteiger partial charge >= 0.3 is 0 Å². The van der Waals surface area contributed by atoms with Gasteiger partial charge in [0.2, 0.25) is 5.91 Å². The molecule has 8 atom stereocenters. The van der Waals surface area contributed by atoms with Gasteiger partial charge in [-0.15, -0.1) is 0 Å². The van der Waals surface area contributed by atoms with Gasteiger partial charge < -0.3 is 10.1 Å². The van der Waals surface area contributed by atoms with Crippen molar-refractivity contribution in [2.24, 2.45) is 34.5 Å². The van der Waals surface area contributed by atoms with E-state index < -0.39 is 0 Å². The van der Waals surface area contributed by atoms with E-state index in [1.807, 2.05) is 0 Å². The Morgan fingerprint density at radius 3 is 2.67 bits per heavy atom. The van der Waals surface area contributed by atoms with Gasteiger partial charge in [0.25, 0.3) is 0 Å². The average Bonchev–Trinajstić information content (AvgIpc) is 3.13. The van der Waals surface area contributed by atoms with Crippen molar-refractivity contribution in [3.63, 3.8) is 0 Å². The predicted molar refractivity (Wildman–Crippen MR) is 146 cm³/mol. The molecule has 33 heavy (non-hydrogen) atoms.